The largest absolute Gasteiger partial charge is 0.494 e. The molecule has 0 aliphatic heterocycles. The number of nitrogens with zero attached hydrogens (tertiary/aromatic N) is 1. The third kappa shape index (κ3) is 4.24. The van der Waals surface area contributed by atoms with E-state index in [1.807, 2.05) is 29.2 Å². The molecule has 0 aliphatic rings. The fraction of sp³-hybridized carbons (Fsp3) is 0. The number of aromatic nitrogens is 2. The molecular weight excluding hydrogens is 390 g/mol. The van der Waals surface area contributed by atoms with Gasteiger partial charge in [-0.15, -0.1) is 0 Å². The molecule has 0 bridgehead atoms. The number of benzene rings is 2. The molecule has 1 heterocycles. The summed E-state index contributed by atoms with van der Waals surface area (Å²) in [6.07, 6.45) is 1.18. The first-order valence-corrected chi connectivity index (χ1v) is 7.94. The quantitative estimate of drug-likeness (QED) is 0.583. The summed E-state index contributed by atoms with van der Waals surface area (Å²) in [7, 11) is 0. The van der Waals surface area contributed by atoms with E-state index in [2.05, 4.69) is 25.9 Å². The zero-order valence-corrected chi connectivity index (χ0v) is 14.3. The molecule has 126 valence electrons. The molecule has 0 fully saturated rings. The normalized spacial score (nSPS) is 10.9. The Morgan fingerprint density at radius 3 is 2.16 bits per heavy atom. The summed E-state index contributed by atoms with van der Waals surface area (Å²) in [6, 6.07) is 14.3. The van der Waals surface area contributed by atoms with Gasteiger partial charge in [-0.25, -0.2) is 4.79 Å². The van der Waals surface area contributed by atoms with Gasteiger partial charge in [0, 0.05) is 10.7 Å². The van der Waals surface area contributed by atoms with Crippen LogP contribution in [-0.2, 0) is 0 Å². The van der Waals surface area contributed by atoms with Crippen molar-refractivity contribution < 1.29 is 9.84 Å². The molecule has 3 rings (SSSR count). The average Bonchev–Trinajstić information content (AvgIpc) is 2.57. The minimum atomic E-state index is -0.783. The number of H-pyrrole nitrogens is 2. The maximum Gasteiger partial charge on any atom is 0.328 e. The lowest BCUT2D eigenvalue weighted by molar-refractivity contribution is 0.447. The summed E-state index contributed by atoms with van der Waals surface area (Å²) >= 11 is 3.36. The van der Waals surface area contributed by atoms with Crippen LogP contribution in [0.2, 0.25) is 0 Å². The molecule has 0 amide bonds. The van der Waals surface area contributed by atoms with Crippen LogP contribution in [0.15, 0.2) is 67.6 Å². The second-order valence-electron chi connectivity index (χ2n) is 4.98. The smallest absolute Gasteiger partial charge is 0.328 e. The number of halogens is 1. The van der Waals surface area contributed by atoms with Gasteiger partial charge >= 0.3 is 5.69 Å². The molecule has 0 unspecified atom stereocenters. The van der Waals surface area contributed by atoms with E-state index in [0.717, 1.165) is 4.47 Å². The minimum Gasteiger partial charge on any atom is -0.494 e. The Morgan fingerprint density at radius 1 is 0.960 bits per heavy atom. The molecule has 8 heteroatoms. The second kappa shape index (κ2) is 7.18. The van der Waals surface area contributed by atoms with Crippen LogP contribution in [0.5, 0.6) is 17.4 Å². The SMILES string of the molecule is O=c1[nH]c(O)c(C=Nc2ccc(Oc3ccc(Br)cc3)cc2)c(=O)[nH]1. The van der Waals surface area contributed by atoms with Crippen molar-refractivity contribution in [1.29, 1.82) is 0 Å². The zero-order valence-electron chi connectivity index (χ0n) is 12.7. The van der Waals surface area contributed by atoms with Gasteiger partial charge in [0.1, 0.15) is 17.1 Å². The van der Waals surface area contributed by atoms with Crippen LogP contribution >= 0.6 is 15.9 Å². The molecule has 0 spiro atoms. The lowest BCUT2D eigenvalue weighted by atomic mass is 10.3. The van der Waals surface area contributed by atoms with Gasteiger partial charge in [0.05, 0.1) is 5.69 Å². The third-order valence-corrected chi connectivity index (χ3v) is 3.72. The fourth-order valence-electron chi connectivity index (χ4n) is 1.98. The topological polar surface area (TPSA) is 108 Å². The highest BCUT2D eigenvalue weighted by molar-refractivity contribution is 9.10. The highest BCUT2D eigenvalue weighted by Gasteiger charge is 2.05. The van der Waals surface area contributed by atoms with E-state index in [1.165, 1.54) is 6.21 Å². The van der Waals surface area contributed by atoms with Crippen molar-refractivity contribution in [3.05, 3.63) is 79.4 Å². The average molecular weight is 402 g/mol. The predicted octanol–water partition coefficient (Wildman–Crippen LogP) is 3.07. The summed E-state index contributed by atoms with van der Waals surface area (Å²) < 4.78 is 6.66. The highest BCUT2D eigenvalue weighted by Crippen LogP contribution is 2.25. The van der Waals surface area contributed by atoms with Crippen molar-refractivity contribution >= 4 is 27.8 Å². The van der Waals surface area contributed by atoms with Crippen molar-refractivity contribution in [2.24, 2.45) is 4.99 Å². The molecule has 0 saturated carbocycles. The van der Waals surface area contributed by atoms with E-state index in [0.29, 0.717) is 17.2 Å². The molecule has 0 atom stereocenters. The van der Waals surface area contributed by atoms with E-state index in [1.54, 1.807) is 24.3 Å². The molecule has 1 aromatic heterocycles. The molecular formula is C17H12BrN3O4. The second-order valence-corrected chi connectivity index (χ2v) is 5.89. The summed E-state index contributed by atoms with van der Waals surface area (Å²) in [5.74, 6) is 0.794. The first-order valence-electron chi connectivity index (χ1n) is 7.14. The van der Waals surface area contributed by atoms with E-state index in [9.17, 15) is 14.7 Å². The van der Waals surface area contributed by atoms with Gasteiger partial charge in [-0.3, -0.25) is 19.8 Å². The number of aliphatic imine (C=N–C) groups is 1. The van der Waals surface area contributed by atoms with Crippen LogP contribution in [0, 0.1) is 0 Å². The number of aromatic hydroxyl groups is 1. The van der Waals surface area contributed by atoms with Crippen LogP contribution in [0.25, 0.3) is 0 Å². The molecule has 0 radical (unpaired) electrons. The van der Waals surface area contributed by atoms with Gasteiger partial charge in [0.25, 0.3) is 5.56 Å². The Labute approximate surface area is 149 Å². The fourth-order valence-corrected chi connectivity index (χ4v) is 2.25. The van der Waals surface area contributed by atoms with E-state index in [4.69, 9.17) is 4.74 Å². The Morgan fingerprint density at radius 2 is 1.56 bits per heavy atom. The molecule has 7 nitrogen and oxygen atoms in total. The van der Waals surface area contributed by atoms with Crippen LogP contribution in [-0.4, -0.2) is 21.3 Å². The number of hydrogen-bond acceptors (Lipinski definition) is 5. The minimum absolute atomic E-state index is 0.130. The summed E-state index contributed by atoms with van der Waals surface area (Å²) in [6.45, 7) is 0. The molecule has 0 saturated heterocycles. The Balaban J connectivity index is 1.75. The maximum absolute atomic E-state index is 11.6. The van der Waals surface area contributed by atoms with Crippen LogP contribution < -0.4 is 16.0 Å². The lowest BCUT2D eigenvalue weighted by Crippen LogP contribution is -2.24. The molecule has 3 N–H and O–H groups in total. The summed E-state index contributed by atoms with van der Waals surface area (Å²) in [4.78, 5) is 30.8. The maximum atomic E-state index is 11.6. The highest BCUT2D eigenvalue weighted by atomic mass is 79.9. The molecule has 25 heavy (non-hydrogen) atoms. The van der Waals surface area contributed by atoms with Crippen molar-refractivity contribution in [3.8, 4) is 17.4 Å². The Bertz CT molecular complexity index is 1020. The van der Waals surface area contributed by atoms with Crippen molar-refractivity contribution in [2.45, 2.75) is 0 Å². The van der Waals surface area contributed by atoms with E-state index in [-0.39, 0.29) is 5.56 Å². The van der Waals surface area contributed by atoms with E-state index >= 15 is 0 Å². The number of hydrogen-bond donors (Lipinski definition) is 3. The summed E-state index contributed by atoms with van der Waals surface area (Å²) in [5, 5.41) is 9.59. The van der Waals surface area contributed by atoms with Gasteiger partial charge in [-0.2, -0.15) is 0 Å². The zero-order chi connectivity index (χ0) is 17.8. The monoisotopic (exact) mass is 401 g/mol. The number of aromatic amines is 2. The first kappa shape index (κ1) is 16.7. The Kier molecular flexibility index (Phi) is 4.80. The standard InChI is InChI=1S/C17H12BrN3O4/c18-10-1-5-12(6-2-10)25-13-7-3-11(4-8-13)19-9-14-15(22)20-17(24)21-16(14)23/h1-9H,(H3,20,21,22,23,24). The third-order valence-electron chi connectivity index (χ3n) is 3.19. The molecule has 0 aliphatic carbocycles. The van der Waals surface area contributed by atoms with E-state index < -0.39 is 17.1 Å². The Hall–Kier alpha value is -3.13. The number of ether oxygens (including phenoxy) is 1. The van der Waals surface area contributed by atoms with Crippen LogP contribution in [0.1, 0.15) is 5.56 Å². The van der Waals surface area contributed by atoms with Crippen molar-refractivity contribution in [2.75, 3.05) is 0 Å². The van der Waals surface area contributed by atoms with Gasteiger partial charge < -0.3 is 9.84 Å². The van der Waals surface area contributed by atoms with Gasteiger partial charge in [-0.05, 0) is 48.5 Å². The first-order chi connectivity index (χ1) is 12.0. The van der Waals surface area contributed by atoms with Crippen molar-refractivity contribution in [1.82, 2.24) is 9.97 Å². The molecule has 3 aromatic rings. The van der Waals surface area contributed by atoms with Crippen molar-refractivity contribution in [3.63, 3.8) is 0 Å². The van der Waals surface area contributed by atoms with Crippen LogP contribution in [0.4, 0.5) is 5.69 Å². The van der Waals surface area contributed by atoms with Gasteiger partial charge in [0.2, 0.25) is 5.88 Å². The predicted molar refractivity (Wildman–Crippen MR) is 97.3 cm³/mol. The number of nitrogens with one attached hydrogen (secondary N) is 2. The van der Waals surface area contributed by atoms with Gasteiger partial charge in [-0.1, -0.05) is 15.9 Å². The summed E-state index contributed by atoms with van der Waals surface area (Å²) in [5.41, 5.74) is -1.09. The van der Waals surface area contributed by atoms with Crippen LogP contribution in [0.3, 0.4) is 0 Å². The lowest BCUT2D eigenvalue weighted by Gasteiger charge is -2.05. The molecule has 2 aromatic carbocycles. The van der Waals surface area contributed by atoms with Gasteiger partial charge in [0.15, 0.2) is 0 Å². The number of rotatable bonds is 4.